The molecule has 0 bridgehead atoms. The van der Waals surface area contributed by atoms with Gasteiger partial charge < -0.3 is 5.11 Å². The highest BCUT2D eigenvalue weighted by Gasteiger charge is 2.15. The third-order valence-electron chi connectivity index (χ3n) is 3.75. The number of pyridine rings is 1. The number of aromatic nitrogens is 1. The number of benzene rings is 2. The predicted molar refractivity (Wildman–Crippen MR) is 89.3 cm³/mol. The number of nitrogens with zero attached hydrogens (tertiary/aromatic N) is 1. The van der Waals surface area contributed by atoms with Crippen molar-refractivity contribution < 1.29 is 5.11 Å². The molecule has 1 N–H and O–H groups in total. The van der Waals surface area contributed by atoms with Crippen LogP contribution in [0.15, 0.2) is 59.2 Å². The molecule has 3 heteroatoms. The fraction of sp³-hybridized carbons (Fsp3) is 0.167. The summed E-state index contributed by atoms with van der Waals surface area (Å²) in [7, 11) is 0. The Morgan fingerprint density at radius 3 is 2.57 bits per heavy atom. The Morgan fingerprint density at radius 1 is 1.10 bits per heavy atom. The molecule has 0 saturated carbocycles. The number of fused-ring (bicyclic) bond motifs is 1. The summed E-state index contributed by atoms with van der Waals surface area (Å²) in [4.78, 5) is 4.43. The second-order valence-electron chi connectivity index (χ2n) is 5.03. The van der Waals surface area contributed by atoms with Gasteiger partial charge in [0, 0.05) is 21.6 Å². The molecular formula is C18H16BrNO. The van der Waals surface area contributed by atoms with Crippen LogP contribution in [0.25, 0.3) is 10.9 Å². The molecule has 106 valence electrons. The number of aliphatic hydroxyl groups is 1. The SMILES string of the molecule is CCc1ccc(C(O)c2ccc(Br)c3cccnc23)cc1. The number of aryl methyl sites for hydroxylation is 1. The van der Waals surface area contributed by atoms with Crippen molar-refractivity contribution in [3.05, 3.63) is 75.9 Å². The van der Waals surface area contributed by atoms with Gasteiger partial charge in [-0.3, -0.25) is 4.98 Å². The quantitative estimate of drug-likeness (QED) is 0.752. The second kappa shape index (κ2) is 5.96. The van der Waals surface area contributed by atoms with Crippen LogP contribution in [0.2, 0.25) is 0 Å². The Bertz CT molecular complexity index is 768. The maximum Gasteiger partial charge on any atom is 0.106 e. The maximum atomic E-state index is 10.7. The standard InChI is InChI=1S/C18H16BrNO/c1-2-12-5-7-13(8-6-12)18(21)15-9-10-16(19)14-4-3-11-20-17(14)15/h3-11,18,21H,2H2,1H3. The Balaban J connectivity index is 2.08. The summed E-state index contributed by atoms with van der Waals surface area (Å²) >= 11 is 3.53. The van der Waals surface area contributed by atoms with Crippen molar-refractivity contribution in [1.29, 1.82) is 0 Å². The molecule has 0 aliphatic heterocycles. The van der Waals surface area contributed by atoms with Crippen LogP contribution in [0.5, 0.6) is 0 Å². The molecule has 1 unspecified atom stereocenters. The second-order valence-corrected chi connectivity index (χ2v) is 5.89. The van der Waals surface area contributed by atoms with Crippen molar-refractivity contribution in [3.63, 3.8) is 0 Å². The molecule has 0 aliphatic rings. The van der Waals surface area contributed by atoms with Gasteiger partial charge in [0.05, 0.1) is 5.52 Å². The zero-order chi connectivity index (χ0) is 14.8. The van der Waals surface area contributed by atoms with Gasteiger partial charge in [-0.05, 0) is 29.7 Å². The fourth-order valence-corrected chi connectivity index (χ4v) is 2.95. The van der Waals surface area contributed by atoms with Gasteiger partial charge in [0.2, 0.25) is 0 Å². The summed E-state index contributed by atoms with van der Waals surface area (Å²) < 4.78 is 0.989. The van der Waals surface area contributed by atoms with E-state index < -0.39 is 6.10 Å². The maximum absolute atomic E-state index is 10.7. The third kappa shape index (κ3) is 2.71. The molecule has 1 aromatic heterocycles. The normalized spacial score (nSPS) is 12.5. The van der Waals surface area contributed by atoms with Gasteiger partial charge >= 0.3 is 0 Å². The molecule has 0 radical (unpaired) electrons. The van der Waals surface area contributed by atoms with Crippen molar-refractivity contribution in [1.82, 2.24) is 4.98 Å². The van der Waals surface area contributed by atoms with Crippen molar-refractivity contribution in [3.8, 4) is 0 Å². The first-order valence-electron chi connectivity index (χ1n) is 7.00. The number of rotatable bonds is 3. The van der Waals surface area contributed by atoms with E-state index in [2.05, 4.69) is 40.0 Å². The van der Waals surface area contributed by atoms with E-state index in [-0.39, 0.29) is 0 Å². The Hall–Kier alpha value is -1.71. The molecule has 3 rings (SSSR count). The molecule has 2 nitrogen and oxygen atoms in total. The highest BCUT2D eigenvalue weighted by Crippen LogP contribution is 2.31. The van der Waals surface area contributed by atoms with Gasteiger partial charge in [0.25, 0.3) is 0 Å². The summed E-state index contributed by atoms with van der Waals surface area (Å²) in [5.41, 5.74) is 3.82. The van der Waals surface area contributed by atoms with Crippen LogP contribution in [0.3, 0.4) is 0 Å². The molecule has 0 spiro atoms. The zero-order valence-electron chi connectivity index (χ0n) is 11.8. The lowest BCUT2D eigenvalue weighted by molar-refractivity contribution is 0.221. The lowest BCUT2D eigenvalue weighted by Crippen LogP contribution is -2.02. The van der Waals surface area contributed by atoms with Crippen LogP contribution in [0.1, 0.15) is 29.7 Å². The number of hydrogen-bond donors (Lipinski definition) is 1. The van der Waals surface area contributed by atoms with Gasteiger partial charge in [-0.25, -0.2) is 0 Å². The highest BCUT2D eigenvalue weighted by molar-refractivity contribution is 9.10. The lowest BCUT2D eigenvalue weighted by Gasteiger charge is -2.14. The number of hydrogen-bond acceptors (Lipinski definition) is 2. The third-order valence-corrected chi connectivity index (χ3v) is 4.44. The first-order valence-corrected chi connectivity index (χ1v) is 7.80. The van der Waals surface area contributed by atoms with Gasteiger partial charge in [0.15, 0.2) is 0 Å². The molecule has 3 aromatic rings. The summed E-state index contributed by atoms with van der Waals surface area (Å²) in [6.45, 7) is 2.12. The summed E-state index contributed by atoms with van der Waals surface area (Å²) in [6, 6.07) is 15.9. The van der Waals surface area contributed by atoms with Gasteiger partial charge in [-0.1, -0.05) is 59.3 Å². The molecule has 2 aromatic carbocycles. The van der Waals surface area contributed by atoms with E-state index in [9.17, 15) is 5.11 Å². The van der Waals surface area contributed by atoms with E-state index in [4.69, 9.17) is 0 Å². The van der Waals surface area contributed by atoms with Gasteiger partial charge in [0.1, 0.15) is 6.10 Å². The van der Waals surface area contributed by atoms with E-state index in [1.54, 1.807) is 6.20 Å². The first kappa shape index (κ1) is 14.2. The molecule has 21 heavy (non-hydrogen) atoms. The van der Waals surface area contributed by atoms with Crippen LogP contribution in [0, 0.1) is 0 Å². The minimum Gasteiger partial charge on any atom is -0.384 e. The Morgan fingerprint density at radius 2 is 1.86 bits per heavy atom. The van der Waals surface area contributed by atoms with Crippen LogP contribution < -0.4 is 0 Å². The average molecular weight is 342 g/mol. The lowest BCUT2D eigenvalue weighted by atomic mass is 9.97. The number of aliphatic hydroxyl groups excluding tert-OH is 1. The molecule has 0 aliphatic carbocycles. The predicted octanol–water partition coefficient (Wildman–Crippen LogP) is 4.64. The molecule has 1 atom stereocenters. The van der Waals surface area contributed by atoms with Crippen LogP contribution in [-0.4, -0.2) is 10.1 Å². The van der Waals surface area contributed by atoms with Crippen LogP contribution in [0.4, 0.5) is 0 Å². The van der Waals surface area contributed by atoms with Crippen LogP contribution in [-0.2, 0) is 6.42 Å². The molecule has 0 fully saturated rings. The van der Waals surface area contributed by atoms with E-state index in [0.717, 1.165) is 32.9 Å². The van der Waals surface area contributed by atoms with Gasteiger partial charge in [-0.15, -0.1) is 0 Å². The summed E-state index contributed by atoms with van der Waals surface area (Å²) in [6.07, 6.45) is 2.09. The zero-order valence-corrected chi connectivity index (χ0v) is 13.3. The first-order chi connectivity index (χ1) is 10.2. The van der Waals surface area contributed by atoms with E-state index >= 15 is 0 Å². The van der Waals surface area contributed by atoms with Gasteiger partial charge in [-0.2, -0.15) is 0 Å². The molecule has 1 heterocycles. The summed E-state index contributed by atoms with van der Waals surface area (Å²) in [5.74, 6) is 0. The smallest absolute Gasteiger partial charge is 0.106 e. The number of halogens is 1. The van der Waals surface area contributed by atoms with Crippen molar-refractivity contribution in [2.75, 3.05) is 0 Å². The van der Waals surface area contributed by atoms with E-state index in [1.807, 2.05) is 36.4 Å². The van der Waals surface area contributed by atoms with E-state index in [0.29, 0.717) is 0 Å². The Labute approximate surface area is 132 Å². The summed E-state index contributed by atoms with van der Waals surface area (Å²) in [5, 5.41) is 11.7. The largest absolute Gasteiger partial charge is 0.384 e. The average Bonchev–Trinajstić information content (AvgIpc) is 2.55. The molecule has 0 amide bonds. The minimum absolute atomic E-state index is 0.665. The highest BCUT2D eigenvalue weighted by atomic mass is 79.9. The monoisotopic (exact) mass is 341 g/mol. The fourth-order valence-electron chi connectivity index (χ4n) is 2.50. The van der Waals surface area contributed by atoms with Crippen molar-refractivity contribution in [2.45, 2.75) is 19.4 Å². The van der Waals surface area contributed by atoms with E-state index in [1.165, 1.54) is 5.56 Å². The minimum atomic E-state index is -0.665. The molecule has 0 saturated heterocycles. The topological polar surface area (TPSA) is 33.1 Å². The van der Waals surface area contributed by atoms with Crippen molar-refractivity contribution in [2.24, 2.45) is 0 Å². The molecular weight excluding hydrogens is 326 g/mol. The van der Waals surface area contributed by atoms with Crippen molar-refractivity contribution >= 4 is 26.8 Å². The van der Waals surface area contributed by atoms with Crippen LogP contribution >= 0.6 is 15.9 Å². The Kier molecular flexibility index (Phi) is 4.04.